The number of likely N-dealkylation sites (tertiary alicyclic amines) is 1. The van der Waals surface area contributed by atoms with Crippen LogP contribution in [-0.2, 0) is 9.59 Å². The van der Waals surface area contributed by atoms with E-state index in [1.807, 2.05) is 0 Å². The van der Waals surface area contributed by atoms with Crippen LogP contribution in [0.15, 0.2) is 48.3 Å². The number of aromatic nitrogens is 1. The van der Waals surface area contributed by atoms with Gasteiger partial charge in [0, 0.05) is 18.4 Å². The molecule has 156 valence electrons. The minimum Gasteiger partial charge on any atom is -0.506 e. The molecule has 1 amide bonds. The maximum Gasteiger partial charge on any atom is 0.295 e. The van der Waals surface area contributed by atoms with E-state index >= 15 is 0 Å². The summed E-state index contributed by atoms with van der Waals surface area (Å²) in [5.41, 5.74) is 1.03. The van der Waals surface area contributed by atoms with Gasteiger partial charge in [0.15, 0.2) is 0 Å². The molecule has 30 heavy (non-hydrogen) atoms. The number of carbonyl (C=O) groups excluding carboxylic acids is 2. The predicted molar refractivity (Wildman–Crippen MR) is 110 cm³/mol. The first-order valence-corrected chi connectivity index (χ1v) is 9.99. The van der Waals surface area contributed by atoms with Crippen LogP contribution in [0.3, 0.4) is 0 Å². The van der Waals surface area contributed by atoms with Crippen LogP contribution in [0.2, 0.25) is 0 Å². The van der Waals surface area contributed by atoms with E-state index in [4.69, 9.17) is 9.47 Å². The molecule has 7 nitrogen and oxygen atoms in total. The fraction of sp³-hybridized carbons (Fsp3) is 0.348. The number of hydrogen-bond acceptors (Lipinski definition) is 6. The first-order valence-electron chi connectivity index (χ1n) is 9.99. The number of nitrogens with zero attached hydrogens (tertiary/aromatic N) is 2. The maximum atomic E-state index is 13.2. The lowest BCUT2D eigenvalue weighted by atomic mass is 9.94. The summed E-state index contributed by atoms with van der Waals surface area (Å²) in [7, 11) is 2.95. The number of aliphatic hydroxyl groups excluding tert-OH is 1. The summed E-state index contributed by atoms with van der Waals surface area (Å²) >= 11 is 0. The predicted octanol–water partition coefficient (Wildman–Crippen LogP) is 3.46. The highest BCUT2D eigenvalue weighted by Gasteiger charge is 2.49. The lowest BCUT2D eigenvalue weighted by Crippen LogP contribution is -2.37. The van der Waals surface area contributed by atoms with Crippen molar-refractivity contribution < 1.29 is 24.2 Å². The van der Waals surface area contributed by atoms with Crippen LogP contribution in [0.25, 0.3) is 5.76 Å². The summed E-state index contributed by atoms with van der Waals surface area (Å²) in [5, 5.41) is 11.3. The number of methoxy groups -OCH3 is 2. The van der Waals surface area contributed by atoms with E-state index in [-0.39, 0.29) is 22.9 Å². The minimum atomic E-state index is -0.700. The third-order valence-electron chi connectivity index (χ3n) is 5.88. The van der Waals surface area contributed by atoms with Gasteiger partial charge in [-0.3, -0.25) is 14.6 Å². The molecule has 2 aromatic rings. The average molecular weight is 408 g/mol. The van der Waals surface area contributed by atoms with E-state index in [0.717, 1.165) is 31.2 Å². The number of amides is 1. The number of aliphatic hydroxyl groups is 1. The van der Waals surface area contributed by atoms with Gasteiger partial charge in [0.25, 0.3) is 11.7 Å². The molecule has 1 unspecified atom stereocenters. The van der Waals surface area contributed by atoms with Crippen molar-refractivity contribution in [3.8, 4) is 11.5 Å². The fourth-order valence-electron chi connectivity index (χ4n) is 4.50. The van der Waals surface area contributed by atoms with Gasteiger partial charge in [-0.2, -0.15) is 0 Å². The highest BCUT2D eigenvalue weighted by atomic mass is 16.5. The van der Waals surface area contributed by atoms with Gasteiger partial charge in [0.05, 0.1) is 25.8 Å². The molecule has 0 spiro atoms. The first-order chi connectivity index (χ1) is 14.6. The Hall–Kier alpha value is -3.35. The number of ether oxygens (including phenoxy) is 2. The third kappa shape index (κ3) is 3.20. The van der Waals surface area contributed by atoms with Gasteiger partial charge in [-0.05, 0) is 42.7 Å². The Morgan fingerprint density at radius 2 is 1.63 bits per heavy atom. The van der Waals surface area contributed by atoms with Crippen LogP contribution >= 0.6 is 0 Å². The molecule has 0 bridgehead atoms. The number of pyridine rings is 1. The zero-order chi connectivity index (χ0) is 21.3. The molecule has 2 heterocycles. The third-order valence-corrected chi connectivity index (χ3v) is 5.88. The monoisotopic (exact) mass is 408 g/mol. The van der Waals surface area contributed by atoms with E-state index in [1.165, 1.54) is 14.2 Å². The second kappa shape index (κ2) is 8.18. The maximum absolute atomic E-state index is 13.2. The number of ketones is 1. The molecule has 1 aliphatic heterocycles. The molecule has 1 saturated carbocycles. The molecule has 4 rings (SSSR count). The van der Waals surface area contributed by atoms with Crippen LogP contribution in [0.4, 0.5) is 0 Å². The lowest BCUT2D eigenvalue weighted by Gasteiger charge is -2.30. The van der Waals surface area contributed by atoms with Gasteiger partial charge in [-0.15, -0.1) is 0 Å². The largest absolute Gasteiger partial charge is 0.506 e. The molecule has 1 aliphatic carbocycles. The topological polar surface area (TPSA) is 89.0 Å². The number of Topliss-reactive ketones (excluding diaryl/α,β-unsaturated/α-hetero) is 1. The Morgan fingerprint density at radius 3 is 2.20 bits per heavy atom. The summed E-state index contributed by atoms with van der Waals surface area (Å²) < 4.78 is 10.8. The molecule has 7 heteroatoms. The van der Waals surface area contributed by atoms with Crippen LogP contribution in [0.5, 0.6) is 11.5 Å². The van der Waals surface area contributed by atoms with E-state index in [2.05, 4.69) is 4.98 Å². The van der Waals surface area contributed by atoms with Gasteiger partial charge in [0.2, 0.25) is 0 Å². The summed E-state index contributed by atoms with van der Waals surface area (Å²) in [4.78, 5) is 31.9. The standard InChI is InChI=1S/C23H24N2O5/c1-29-16-8-5-9-17(30-2)18(16)21(26)19-20(14-10-12-24-13-11-14)25(23(28)22(19)27)15-6-3-4-7-15/h5,8-13,15,20,26H,3-4,6-7H2,1-2H3/b21-19+. The van der Waals surface area contributed by atoms with Crippen LogP contribution in [0.1, 0.15) is 42.9 Å². The van der Waals surface area contributed by atoms with Crippen molar-refractivity contribution in [1.82, 2.24) is 9.88 Å². The molecule has 1 atom stereocenters. The molecule has 1 N–H and O–H groups in total. The quantitative estimate of drug-likeness (QED) is 0.463. The second-order valence-corrected chi connectivity index (χ2v) is 7.46. The smallest absolute Gasteiger partial charge is 0.295 e. The van der Waals surface area contributed by atoms with Crippen LogP contribution < -0.4 is 9.47 Å². The molecule has 2 fully saturated rings. The summed E-state index contributed by atoms with van der Waals surface area (Å²) in [6.45, 7) is 0. The van der Waals surface area contributed by atoms with Gasteiger partial charge in [0.1, 0.15) is 22.8 Å². The van der Waals surface area contributed by atoms with Crippen molar-refractivity contribution in [1.29, 1.82) is 0 Å². The molecule has 0 radical (unpaired) electrons. The van der Waals surface area contributed by atoms with Crippen LogP contribution in [-0.4, -0.2) is 46.9 Å². The van der Waals surface area contributed by atoms with Crippen molar-refractivity contribution in [3.63, 3.8) is 0 Å². The zero-order valence-corrected chi connectivity index (χ0v) is 17.0. The van der Waals surface area contributed by atoms with E-state index < -0.39 is 17.7 Å². The number of carbonyl (C=O) groups is 2. The second-order valence-electron chi connectivity index (χ2n) is 7.46. The van der Waals surface area contributed by atoms with Crippen molar-refractivity contribution in [3.05, 3.63) is 59.4 Å². The fourth-order valence-corrected chi connectivity index (χ4v) is 4.50. The van der Waals surface area contributed by atoms with E-state index in [0.29, 0.717) is 11.5 Å². The molecule has 2 aliphatic rings. The Labute approximate surface area is 174 Å². The number of rotatable bonds is 5. The number of benzene rings is 1. The average Bonchev–Trinajstić information content (AvgIpc) is 3.40. The Bertz CT molecular complexity index is 974. The molecular formula is C23H24N2O5. The highest BCUT2D eigenvalue weighted by Crippen LogP contribution is 2.45. The van der Waals surface area contributed by atoms with E-state index in [1.54, 1.807) is 47.6 Å². The molecular weight excluding hydrogens is 384 g/mol. The van der Waals surface area contributed by atoms with Crippen molar-refractivity contribution in [2.24, 2.45) is 0 Å². The highest BCUT2D eigenvalue weighted by molar-refractivity contribution is 6.46. The first kappa shape index (κ1) is 19.9. The van der Waals surface area contributed by atoms with Crippen molar-refractivity contribution in [2.45, 2.75) is 37.8 Å². The van der Waals surface area contributed by atoms with Gasteiger partial charge >= 0.3 is 0 Å². The van der Waals surface area contributed by atoms with Crippen LogP contribution in [0, 0.1) is 0 Å². The summed E-state index contributed by atoms with van der Waals surface area (Å²) in [6, 6.07) is 7.88. The van der Waals surface area contributed by atoms with E-state index in [9.17, 15) is 14.7 Å². The Morgan fingerprint density at radius 1 is 1.03 bits per heavy atom. The number of hydrogen-bond donors (Lipinski definition) is 1. The normalized spacial score (nSPS) is 21.3. The Kier molecular flexibility index (Phi) is 5.44. The molecule has 1 saturated heterocycles. The summed E-state index contributed by atoms with van der Waals surface area (Å²) in [5.74, 6) is -0.877. The minimum absolute atomic E-state index is 0.0375. The van der Waals surface area contributed by atoms with Crippen molar-refractivity contribution in [2.75, 3.05) is 14.2 Å². The summed E-state index contributed by atoms with van der Waals surface area (Å²) in [6.07, 6.45) is 6.94. The zero-order valence-electron chi connectivity index (χ0n) is 17.0. The van der Waals surface area contributed by atoms with Gasteiger partial charge < -0.3 is 19.5 Å². The molecule has 1 aromatic heterocycles. The SMILES string of the molecule is COc1cccc(OC)c1/C(O)=C1\C(=O)C(=O)N(C2CCCC2)C1c1ccncc1. The van der Waals surface area contributed by atoms with Crippen molar-refractivity contribution >= 4 is 17.4 Å². The Balaban J connectivity index is 1.95. The van der Waals surface area contributed by atoms with Gasteiger partial charge in [-0.1, -0.05) is 18.9 Å². The van der Waals surface area contributed by atoms with Gasteiger partial charge in [-0.25, -0.2) is 0 Å². The molecule has 1 aromatic carbocycles. The lowest BCUT2D eigenvalue weighted by molar-refractivity contribution is -0.141.